The lowest BCUT2D eigenvalue weighted by Gasteiger charge is -2.30. The number of para-hydroxylation sites is 1. The highest BCUT2D eigenvalue weighted by Gasteiger charge is 2.23. The molecule has 132 valence electrons. The Kier molecular flexibility index (Phi) is 4.48. The van der Waals surface area contributed by atoms with Crippen molar-refractivity contribution in [1.82, 2.24) is 19.9 Å². The van der Waals surface area contributed by atoms with Gasteiger partial charge in [-0.15, -0.1) is 0 Å². The Hall–Kier alpha value is -3.02. The fraction of sp³-hybridized carbons (Fsp3) is 0.300. The fourth-order valence-electron chi connectivity index (χ4n) is 3.42. The minimum Gasteiger partial charge on any atom is -0.338 e. The molecule has 26 heavy (non-hydrogen) atoms. The van der Waals surface area contributed by atoms with E-state index in [2.05, 4.69) is 27.2 Å². The Bertz CT molecular complexity index is 937. The molecule has 6 nitrogen and oxygen atoms in total. The van der Waals surface area contributed by atoms with Gasteiger partial charge in [0, 0.05) is 30.7 Å². The van der Waals surface area contributed by atoms with Crippen LogP contribution in [0.1, 0.15) is 30.3 Å². The molecule has 4 rings (SSSR count). The van der Waals surface area contributed by atoms with Crippen LogP contribution >= 0.6 is 0 Å². The van der Waals surface area contributed by atoms with E-state index in [9.17, 15) is 4.79 Å². The van der Waals surface area contributed by atoms with Crippen LogP contribution < -0.4 is 5.32 Å². The van der Waals surface area contributed by atoms with Crippen molar-refractivity contribution in [2.75, 3.05) is 18.4 Å². The molecule has 1 fully saturated rings. The van der Waals surface area contributed by atoms with E-state index in [-0.39, 0.29) is 5.91 Å². The van der Waals surface area contributed by atoms with E-state index in [4.69, 9.17) is 0 Å². The first-order chi connectivity index (χ1) is 12.7. The average Bonchev–Trinajstić information content (AvgIpc) is 2.68. The van der Waals surface area contributed by atoms with E-state index in [1.807, 2.05) is 35.2 Å². The summed E-state index contributed by atoms with van der Waals surface area (Å²) >= 11 is 0. The molecule has 0 spiro atoms. The zero-order valence-electron chi connectivity index (χ0n) is 14.7. The number of piperidine rings is 1. The van der Waals surface area contributed by atoms with Gasteiger partial charge in [0.2, 0.25) is 0 Å². The average molecular weight is 347 g/mol. The standard InChI is InChI=1S/C20H21N5O/c1-14-5-4-10-25(12-14)20(26)17-11-18(23-13-22-17)24-16-8-2-6-15-7-3-9-21-19(15)16/h2-3,6-9,11,13-14H,4-5,10,12H2,1H3,(H,22,23,24). The molecule has 1 aliphatic rings. The Morgan fingerprint density at radius 2 is 2.08 bits per heavy atom. The molecule has 0 aliphatic carbocycles. The van der Waals surface area contributed by atoms with E-state index < -0.39 is 0 Å². The van der Waals surface area contributed by atoms with Crippen LogP contribution in [0.5, 0.6) is 0 Å². The minimum atomic E-state index is -0.0296. The van der Waals surface area contributed by atoms with E-state index in [1.165, 1.54) is 12.7 Å². The SMILES string of the molecule is CC1CCCN(C(=O)c2cc(Nc3cccc4cccnc34)ncn2)C1. The van der Waals surface area contributed by atoms with Gasteiger partial charge in [0.05, 0.1) is 11.2 Å². The molecule has 0 radical (unpaired) electrons. The number of aromatic nitrogens is 3. The number of pyridine rings is 1. The van der Waals surface area contributed by atoms with Gasteiger partial charge in [-0.1, -0.05) is 25.1 Å². The summed E-state index contributed by atoms with van der Waals surface area (Å²) in [6, 6.07) is 11.6. The van der Waals surface area contributed by atoms with Crippen LogP contribution in [0, 0.1) is 5.92 Å². The van der Waals surface area contributed by atoms with Gasteiger partial charge in [0.1, 0.15) is 17.8 Å². The number of hydrogen-bond donors (Lipinski definition) is 1. The Morgan fingerprint density at radius 1 is 1.19 bits per heavy atom. The first-order valence-corrected chi connectivity index (χ1v) is 8.93. The molecule has 0 saturated carbocycles. The number of carbonyl (C=O) groups excluding carboxylic acids is 1. The van der Waals surface area contributed by atoms with Crippen LogP contribution in [-0.4, -0.2) is 38.8 Å². The molecular formula is C20H21N5O. The molecule has 3 heterocycles. The Labute approximate surface area is 152 Å². The van der Waals surface area contributed by atoms with Gasteiger partial charge in [-0.05, 0) is 30.9 Å². The van der Waals surface area contributed by atoms with Crippen LogP contribution in [0.2, 0.25) is 0 Å². The molecule has 1 amide bonds. The molecule has 3 aromatic rings. The van der Waals surface area contributed by atoms with E-state index >= 15 is 0 Å². The molecule has 0 bridgehead atoms. The maximum Gasteiger partial charge on any atom is 0.272 e. The van der Waals surface area contributed by atoms with Gasteiger partial charge < -0.3 is 10.2 Å². The molecule has 6 heteroatoms. The van der Waals surface area contributed by atoms with Crippen molar-refractivity contribution in [2.24, 2.45) is 5.92 Å². The number of fused-ring (bicyclic) bond motifs is 1. The Balaban J connectivity index is 1.58. The summed E-state index contributed by atoms with van der Waals surface area (Å²) in [6.45, 7) is 3.77. The molecular weight excluding hydrogens is 326 g/mol. The predicted octanol–water partition coefficient (Wildman–Crippen LogP) is 3.64. The largest absolute Gasteiger partial charge is 0.338 e. The highest BCUT2D eigenvalue weighted by Crippen LogP contribution is 2.24. The summed E-state index contributed by atoms with van der Waals surface area (Å²) in [5.74, 6) is 1.10. The third-order valence-electron chi connectivity index (χ3n) is 4.73. The van der Waals surface area contributed by atoms with Crippen LogP contribution in [0.3, 0.4) is 0 Å². The van der Waals surface area contributed by atoms with Crippen molar-refractivity contribution in [3.8, 4) is 0 Å². The summed E-state index contributed by atoms with van der Waals surface area (Å²) in [7, 11) is 0. The number of amides is 1. The summed E-state index contributed by atoms with van der Waals surface area (Å²) in [4.78, 5) is 27.5. The number of anilines is 2. The predicted molar refractivity (Wildman–Crippen MR) is 101 cm³/mol. The lowest BCUT2D eigenvalue weighted by atomic mass is 10.00. The minimum absolute atomic E-state index is 0.0296. The van der Waals surface area contributed by atoms with Gasteiger partial charge in [-0.3, -0.25) is 9.78 Å². The molecule has 1 aliphatic heterocycles. The Morgan fingerprint density at radius 3 is 2.96 bits per heavy atom. The normalized spacial score (nSPS) is 17.3. The number of nitrogens with one attached hydrogen (secondary N) is 1. The van der Waals surface area contributed by atoms with Crippen LogP contribution in [-0.2, 0) is 0 Å². The topological polar surface area (TPSA) is 71.0 Å². The maximum atomic E-state index is 12.8. The lowest BCUT2D eigenvalue weighted by molar-refractivity contribution is 0.0677. The zero-order chi connectivity index (χ0) is 17.9. The second kappa shape index (κ2) is 7.07. The van der Waals surface area contributed by atoms with E-state index in [0.717, 1.165) is 36.1 Å². The highest BCUT2D eigenvalue weighted by molar-refractivity contribution is 5.94. The van der Waals surface area contributed by atoms with E-state index in [0.29, 0.717) is 17.4 Å². The third-order valence-corrected chi connectivity index (χ3v) is 4.73. The van der Waals surface area contributed by atoms with Crippen molar-refractivity contribution >= 4 is 28.3 Å². The smallest absolute Gasteiger partial charge is 0.272 e. The van der Waals surface area contributed by atoms with Gasteiger partial charge in [-0.25, -0.2) is 9.97 Å². The molecule has 1 aromatic carbocycles. The first kappa shape index (κ1) is 16.4. The summed E-state index contributed by atoms with van der Waals surface area (Å²) in [5.41, 5.74) is 2.14. The van der Waals surface area contributed by atoms with Crippen LogP contribution in [0.25, 0.3) is 10.9 Å². The zero-order valence-corrected chi connectivity index (χ0v) is 14.7. The van der Waals surface area contributed by atoms with Crippen molar-refractivity contribution in [2.45, 2.75) is 19.8 Å². The number of hydrogen-bond acceptors (Lipinski definition) is 5. The lowest BCUT2D eigenvalue weighted by Crippen LogP contribution is -2.39. The van der Waals surface area contributed by atoms with Gasteiger partial charge in [0.25, 0.3) is 5.91 Å². The quantitative estimate of drug-likeness (QED) is 0.783. The molecule has 1 N–H and O–H groups in total. The molecule has 1 saturated heterocycles. The van der Waals surface area contributed by atoms with E-state index in [1.54, 1.807) is 12.3 Å². The molecule has 1 unspecified atom stereocenters. The third kappa shape index (κ3) is 3.35. The van der Waals surface area contributed by atoms with Crippen molar-refractivity contribution in [3.63, 3.8) is 0 Å². The second-order valence-electron chi connectivity index (χ2n) is 6.79. The second-order valence-corrected chi connectivity index (χ2v) is 6.79. The number of likely N-dealkylation sites (tertiary alicyclic amines) is 1. The van der Waals surface area contributed by atoms with Crippen molar-refractivity contribution in [3.05, 3.63) is 54.6 Å². The summed E-state index contributed by atoms with van der Waals surface area (Å²) in [5, 5.41) is 4.32. The van der Waals surface area contributed by atoms with Crippen LogP contribution in [0.4, 0.5) is 11.5 Å². The number of nitrogens with zero attached hydrogens (tertiary/aromatic N) is 4. The summed E-state index contributed by atoms with van der Waals surface area (Å²) < 4.78 is 0. The molecule has 2 aromatic heterocycles. The van der Waals surface area contributed by atoms with Crippen molar-refractivity contribution in [1.29, 1.82) is 0 Å². The van der Waals surface area contributed by atoms with Gasteiger partial charge >= 0.3 is 0 Å². The monoisotopic (exact) mass is 347 g/mol. The highest BCUT2D eigenvalue weighted by atomic mass is 16.2. The van der Waals surface area contributed by atoms with Crippen molar-refractivity contribution < 1.29 is 4.79 Å². The maximum absolute atomic E-state index is 12.8. The fourth-order valence-corrected chi connectivity index (χ4v) is 3.42. The number of carbonyl (C=O) groups is 1. The number of benzene rings is 1. The van der Waals surface area contributed by atoms with Gasteiger partial charge in [0.15, 0.2) is 0 Å². The van der Waals surface area contributed by atoms with Crippen LogP contribution in [0.15, 0.2) is 48.9 Å². The first-order valence-electron chi connectivity index (χ1n) is 8.93. The van der Waals surface area contributed by atoms with Gasteiger partial charge in [-0.2, -0.15) is 0 Å². The molecule has 1 atom stereocenters. The summed E-state index contributed by atoms with van der Waals surface area (Å²) in [6.07, 6.45) is 5.42. The number of rotatable bonds is 3.